The minimum Gasteiger partial charge on any atom is -0.465 e. The van der Waals surface area contributed by atoms with Gasteiger partial charge >= 0.3 is 0 Å². The Labute approximate surface area is 150 Å². The molecule has 25 heavy (non-hydrogen) atoms. The van der Waals surface area contributed by atoms with Crippen molar-refractivity contribution in [2.75, 3.05) is 0 Å². The second kappa shape index (κ2) is 7.76. The number of amides is 2. The molecule has 2 aromatic rings. The summed E-state index contributed by atoms with van der Waals surface area (Å²) in [6, 6.07) is 13.3. The van der Waals surface area contributed by atoms with Crippen LogP contribution in [0.4, 0.5) is 0 Å². The van der Waals surface area contributed by atoms with E-state index in [4.69, 9.17) is 16.6 Å². The Morgan fingerprint density at radius 3 is 2.64 bits per heavy atom. The number of carbonyl (C=O) groups excluding carboxylic acids is 2. The van der Waals surface area contributed by atoms with Crippen LogP contribution in [0.5, 0.6) is 0 Å². The Kier molecular flexibility index (Phi) is 5.25. The van der Waals surface area contributed by atoms with E-state index in [0.29, 0.717) is 5.76 Å². The van der Waals surface area contributed by atoms with Gasteiger partial charge in [0.25, 0.3) is 0 Å². The molecule has 1 aliphatic rings. The van der Waals surface area contributed by atoms with Gasteiger partial charge in [-0.05, 0) is 48.3 Å². The van der Waals surface area contributed by atoms with Crippen molar-refractivity contribution in [2.45, 2.75) is 12.3 Å². The third-order valence-electron chi connectivity index (χ3n) is 3.83. The molecule has 1 saturated carbocycles. The maximum absolute atomic E-state index is 12.1. The highest BCUT2D eigenvalue weighted by molar-refractivity contribution is 7.80. The van der Waals surface area contributed by atoms with E-state index in [1.54, 1.807) is 12.1 Å². The van der Waals surface area contributed by atoms with Gasteiger partial charge in [0.15, 0.2) is 5.11 Å². The Morgan fingerprint density at radius 2 is 1.92 bits per heavy atom. The fourth-order valence-corrected chi connectivity index (χ4v) is 2.64. The van der Waals surface area contributed by atoms with Crippen molar-refractivity contribution in [3.8, 4) is 0 Å². The van der Waals surface area contributed by atoms with E-state index in [1.165, 1.54) is 18.4 Å². The molecule has 1 fully saturated rings. The Balaban J connectivity index is 1.39. The van der Waals surface area contributed by atoms with Crippen molar-refractivity contribution in [3.63, 3.8) is 0 Å². The summed E-state index contributed by atoms with van der Waals surface area (Å²) in [5.74, 6) is 0.158. The first-order chi connectivity index (χ1) is 12.1. The van der Waals surface area contributed by atoms with Crippen molar-refractivity contribution in [1.82, 2.24) is 16.2 Å². The molecule has 1 aromatic heterocycles. The molecule has 0 bridgehead atoms. The number of hydrazine groups is 1. The van der Waals surface area contributed by atoms with Crippen LogP contribution < -0.4 is 16.2 Å². The molecule has 0 saturated heterocycles. The number of benzene rings is 1. The lowest BCUT2D eigenvalue weighted by Crippen LogP contribution is -2.48. The van der Waals surface area contributed by atoms with Gasteiger partial charge in [-0.15, -0.1) is 0 Å². The van der Waals surface area contributed by atoms with Crippen LogP contribution in [0.3, 0.4) is 0 Å². The zero-order valence-corrected chi connectivity index (χ0v) is 14.1. The maximum Gasteiger partial charge on any atom is 0.250 e. The average molecular weight is 355 g/mol. The summed E-state index contributed by atoms with van der Waals surface area (Å²) in [6.07, 6.45) is 5.13. The van der Waals surface area contributed by atoms with Gasteiger partial charge < -0.3 is 4.42 Å². The lowest BCUT2D eigenvalue weighted by molar-refractivity contribution is -0.123. The van der Waals surface area contributed by atoms with Gasteiger partial charge in [0, 0.05) is 12.0 Å². The molecule has 1 aromatic carbocycles. The molecule has 0 unspecified atom stereocenters. The lowest BCUT2D eigenvalue weighted by Gasteiger charge is -2.09. The number of hydrogen-bond acceptors (Lipinski definition) is 4. The second-order valence-corrected chi connectivity index (χ2v) is 6.05. The monoisotopic (exact) mass is 355 g/mol. The van der Waals surface area contributed by atoms with Crippen LogP contribution in [-0.4, -0.2) is 16.9 Å². The summed E-state index contributed by atoms with van der Waals surface area (Å²) < 4.78 is 5.08. The summed E-state index contributed by atoms with van der Waals surface area (Å²) in [4.78, 5) is 23.8. The molecule has 2 amide bonds. The minimum atomic E-state index is -0.420. The van der Waals surface area contributed by atoms with Crippen LogP contribution >= 0.6 is 12.2 Å². The highest BCUT2D eigenvalue weighted by Crippen LogP contribution is 2.47. The van der Waals surface area contributed by atoms with E-state index in [-0.39, 0.29) is 22.9 Å². The zero-order valence-electron chi connectivity index (χ0n) is 13.3. The summed E-state index contributed by atoms with van der Waals surface area (Å²) in [5, 5.41) is 2.47. The molecule has 0 radical (unpaired) electrons. The van der Waals surface area contributed by atoms with E-state index in [0.717, 1.165) is 12.0 Å². The summed E-state index contributed by atoms with van der Waals surface area (Å²) in [5.41, 5.74) is 6.23. The molecule has 3 N–H and O–H groups in total. The highest BCUT2D eigenvalue weighted by atomic mass is 32.1. The SMILES string of the molecule is O=C(/C=C/c1ccco1)NC(=S)NNC(=O)[C@H]1C[C@@H]1c1ccccc1. The molecular formula is C18H17N3O3S. The van der Waals surface area contributed by atoms with E-state index >= 15 is 0 Å². The number of hydrogen-bond donors (Lipinski definition) is 3. The molecule has 1 heterocycles. The number of nitrogens with one attached hydrogen (secondary N) is 3. The molecule has 6 nitrogen and oxygen atoms in total. The quantitative estimate of drug-likeness (QED) is 0.445. The number of rotatable bonds is 4. The van der Waals surface area contributed by atoms with Crippen molar-refractivity contribution in [2.24, 2.45) is 5.92 Å². The smallest absolute Gasteiger partial charge is 0.250 e. The molecule has 0 aliphatic heterocycles. The molecule has 3 rings (SSSR count). The van der Waals surface area contributed by atoms with Gasteiger partial charge in [0.1, 0.15) is 5.76 Å². The number of furan rings is 1. The summed E-state index contributed by atoms with van der Waals surface area (Å²) in [6.45, 7) is 0. The first kappa shape index (κ1) is 16.9. The van der Waals surface area contributed by atoms with Crippen molar-refractivity contribution in [3.05, 3.63) is 66.1 Å². The molecule has 7 heteroatoms. The first-order valence-corrected chi connectivity index (χ1v) is 8.21. The van der Waals surface area contributed by atoms with Crippen molar-refractivity contribution >= 4 is 35.2 Å². The van der Waals surface area contributed by atoms with Gasteiger partial charge in [-0.25, -0.2) is 0 Å². The third-order valence-corrected chi connectivity index (χ3v) is 4.04. The van der Waals surface area contributed by atoms with Crippen molar-refractivity contribution in [1.29, 1.82) is 0 Å². The topological polar surface area (TPSA) is 83.4 Å². The first-order valence-electron chi connectivity index (χ1n) is 7.81. The fourth-order valence-electron chi connectivity index (χ4n) is 2.49. The van der Waals surface area contributed by atoms with Gasteiger partial charge in [-0.1, -0.05) is 30.3 Å². The Morgan fingerprint density at radius 1 is 1.12 bits per heavy atom. The van der Waals surface area contributed by atoms with Gasteiger partial charge in [-0.3, -0.25) is 25.8 Å². The lowest BCUT2D eigenvalue weighted by atomic mass is 10.1. The van der Waals surface area contributed by atoms with Crippen LogP contribution in [-0.2, 0) is 9.59 Å². The zero-order chi connectivity index (χ0) is 17.6. The average Bonchev–Trinajstić information content (AvgIpc) is 3.26. The third kappa shape index (κ3) is 4.77. The van der Waals surface area contributed by atoms with Crippen LogP contribution in [0.15, 0.2) is 59.2 Å². The standard InChI is InChI=1S/C18H17N3O3S/c22-16(9-8-13-7-4-10-24-13)19-18(25)21-20-17(23)15-11-14(15)12-5-2-1-3-6-12/h1-10,14-15H,11H2,(H,20,23)(H2,19,21,22,25)/b9-8+/t14-,15+/m1/s1. The van der Waals surface area contributed by atoms with E-state index < -0.39 is 5.91 Å². The van der Waals surface area contributed by atoms with Gasteiger partial charge in [0.05, 0.1) is 6.26 Å². The van der Waals surface area contributed by atoms with Crippen LogP contribution in [0, 0.1) is 5.92 Å². The summed E-state index contributed by atoms with van der Waals surface area (Å²) in [7, 11) is 0. The van der Waals surface area contributed by atoms with E-state index in [9.17, 15) is 9.59 Å². The molecule has 1 aliphatic carbocycles. The molecule has 128 valence electrons. The number of carbonyl (C=O) groups is 2. The van der Waals surface area contributed by atoms with Gasteiger partial charge in [0.2, 0.25) is 11.8 Å². The van der Waals surface area contributed by atoms with E-state index in [1.807, 2.05) is 30.3 Å². The summed E-state index contributed by atoms with van der Waals surface area (Å²) >= 11 is 4.98. The molecule has 0 spiro atoms. The normalized spacial score (nSPS) is 18.6. The minimum absolute atomic E-state index is 0.0272. The van der Waals surface area contributed by atoms with Crippen LogP contribution in [0.2, 0.25) is 0 Å². The predicted molar refractivity (Wildman–Crippen MR) is 97.1 cm³/mol. The maximum atomic E-state index is 12.1. The Bertz CT molecular complexity index is 787. The largest absolute Gasteiger partial charge is 0.465 e. The second-order valence-electron chi connectivity index (χ2n) is 5.64. The van der Waals surface area contributed by atoms with Crippen molar-refractivity contribution < 1.29 is 14.0 Å². The predicted octanol–water partition coefficient (Wildman–Crippen LogP) is 2.12. The van der Waals surface area contributed by atoms with Crippen LogP contribution in [0.25, 0.3) is 6.08 Å². The molecular weight excluding hydrogens is 338 g/mol. The Hall–Kier alpha value is -2.93. The highest BCUT2D eigenvalue weighted by Gasteiger charge is 2.43. The van der Waals surface area contributed by atoms with Crippen LogP contribution in [0.1, 0.15) is 23.7 Å². The number of thiocarbonyl (C=S) groups is 1. The van der Waals surface area contributed by atoms with Gasteiger partial charge in [-0.2, -0.15) is 0 Å². The van der Waals surface area contributed by atoms with E-state index in [2.05, 4.69) is 16.2 Å². The molecule has 2 atom stereocenters. The fraction of sp³-hybridized carbons (Fsp3) is 0.167.